The molecule has 0 amide bonds. The molecular weight excluding hydrogens is 230 g/mol. The largest absolute Gasteiger partial charge is 0.479 e. The van der Waals surface area contributed by atoms with Gasteiger partial charge in [-0.3, -0.25) is 14.9 Å². The highest BCUT2D eigenvalue weighted by Gasteiger charge is 2.20. The van der Waals surface area contributed by atoms with Crippen LogP contribution in [-0.2, 0) is 4.79 Å². The Morgan fingerprint density at radius 1 is 1.59 bits per heavy atom. The summed E-state index contributed by atoms with van der Waals surface area (Å²) in [7, 11) is 0. The number of carbonyl (C=O) groups excluding carboxylic acids is 1. The molecule has 17 heavy (non-hydrogen) atoms. The standard InChI is InChI=1S/C10H9NO6/c1-6-2-7(4-12)3-8(11(15)16)10(6)17-5-9(13)14/h2-4H,5H2,1H3,(H,13,14). The highest BCUT2D eigenvalue weighted by Crippen LogP contribution is 2.31. The maximum Gasteiger partial charge on any atom is 0.341 e. The summed E-state index contributed by atoms with van der Waals surface area (Å²) in [6.07, 6.45) is 0.473. The molecule has 1 N–H and O–H groups in total. The number of aryl methyl sites for hydroxylation is 1. The fourth-order valence-electron chi connectivity index (χ4n) is 1.31. The van der Waals surface area contributed by atoms with Crippen molar-refractivity contribution in [3.63, 3.8) is 0 Å². The second-order valence-electron chi connectivity index (χ2n) is 3.24. The number of nitro groups is 1. The Kier molecular flexibility index (Phi) is 3.76. The fourth-order valence-corrected chi connectivity index (χ4v) is 1.31. The average Bonchev–Trinajstić information content (AvgIpc) is 2.25. The van der Waals surface area contributed by atoms with Crippen LogP contribution in [0.1, 0.15) is 15.9 Å². The highest BCUT2D eigenvalue weighted by atomic mass is 16.6. The van der Waals surface area contributed by atoms with Crippen LogP contribution in [0.25, 0.3) is 0 Å². The molecule has 0 aromatic heterocycles. The van der Waals surface area contributed by atoms with Gasteiger partial charge in [0.15, 0.2) is 6.61 Å². The normalized spacial score (nSPS) is 9.71. The predicted molar refractivity (Wildman–Crippen MR) is 56.4 cm³/mol. The Bertz CT molecular complexity index is 482. The number of rotatable bonds is 5. The van der Waals surface area contributed by atoms with Crippen molar-refractivity contribution in [1.82, 2.24) is 0 Å². The van der Waals surface area contributed by atoms with Gasteiger partial charge in [-0.25, -0.2) is 4.79 Å². The minimum Gasteiger partial charge on any atom is -0.479 e. The molecule has 7 nitrogen and oxygen atoms in total. The number of ether oxygens (including phenoxy) is 1. The maximum absolute atomic E-state index is 10.7. The molecule has 7 heteroatoms. The number of hydrogen-bond donors (Lipinski definition) is 1. The Morgan fingerprint density at radius 2 is 2.24 bits per heavy atom. The van der Waals surface area contributed by atoms with Crippen LogP contribution >= 0.6 is 0 Å². The van der Waals surface area contributed by atoms with E-state index in [9.17, 15) is 19.7 Å². The van der Waals surface area contributed by atoms with E-state index in [0.29, 0.717) is 11.8 Å². The minimum absolute atomic E-state index is 0.136. The van der Waals surface area contributed by atoms with E-state index in [4.69, 9.17) is 9.84 Å². The molecule has 0 unspecified atom stereocenters. The van der Waals surface area contributed by atoms with E-state index in [1.54, 1.807) is 0 Å². The molecule has 0 heterocycles. The highest BCUT2D eigenvalue weighted by molar-refractivity contribution is 5.78. The van der Waals surface area contributed by atoms with Crippen LogP contribution < -0.4 is 4.74 Å². The predicted octanol–water partition coefficient (Wildman–Crippen LogP) is 1.18. The van der Waals surface area contributed by atoms with Crippen LogP contribution in [0.15, 0.2) is 12.1 Å². The second kappa shape index (κ2) is 5.06. The molecule has 1 rings (SSSR count). The van der Waals surface area contributed by atoms with Crippen LogP contribution in [0.5, 0.6) is 5.75 Å². The van der Waals surface area contributed by atoms with Crippen LogP contribution in [0, 0.1) is 17.0 Å². The number of nitrogens with zero attached hydrogens (tertiary/aromatic N) is 1. The van der Waals surface area contributed by atoms with Crippen LogP contribution in [0.2, 0.25) is 0 Å². The lowest BCUT2D eigenvalue weighted by Gasteiger charge is -2.08. The van der Waals surface area contributed by atoms with Gasteiger partial charge >= 0.3 is 11.7 Å². The van der Waals surface area contributed by atoms with Crippen molar-refractivity contribution in [2.24, 2.45) is 0 Å². The minimum atomic E-state index is -1.24. The van der Waals surface area contributed by atoms with Gasteiger partial charge in [0.2, 0.25) is 5.75 Å². The number of hydrogen-bond acceptors (Lipinski definition) is 5. The van der Waals surface area contributed by atoms with Gasteiger partial charge in [0.25, 0.3) is 0 Å². The number of aldehydes is 1. The van der Waals surface area contributed by atoms with Crippen molar-refractivity contribution in [2.75, 3.05) is 6.61 Å². The van der Waals surface area contributed by atoms with Gasteiger partial charge in [0, 0.05) is 11.6 Å². The summed E-state index contributed by atoms with van der Waals surface area (Å²) >= 11 is 0. The van der Waals surface area contributed by atoms with E-state index in [-0.39, 0.29) is 11.3 Å². The first kappa shape index (κ1) is 12.6. The van der Waals surface area contributed by atoms with Crippen molar-refractivity contribution < 1.29 is 24.4 Å². The van der Waals surface area contributed by atoms with Crippen molar-refractivity contribution in [3.8, 4) is 5.75 Å². The zero-order valence-electron chi connectivity index (χ0n) is 8.87. The van der Waals surface area contributed by atoms with E-state index < -0.39 is 23.2 Å². The fraction of sp³-hybridized carbons (Fsp3) is 0.200. The van der Waals surface area contributed by atoms with Gasteiger partial charge in [0.1, 0.15) is 6.29 Å². The quantitative estimate of drug-likeness (QED) is 0.469. The molecule has 0 aliphatic heterocycles. The summed E-state index contributed by atoms with van der Waals surface area (Å²) in [4.78, 5) is 30.9. The monoisotopic (exact) mass is 239 g/mol. The topological polar surface area (TPSA) is 107 Å². The van der Waals surface area contributed by atoms with Gasteiger partial charge in [-0.05, 0) is 18.6 Å². The molecule has 0 radical (unpaired) electrons. The zero-order chi connectivity index (χ0) is 13.0. The lowest BCUT2D eigenvalue weighted by Crippen LogP contribution is -2.11. The number of carboxylic acids is 1. The molecule has 0 aliphatic rings. The third kappa shape index (κ3) is 3.00. The van der Waals surface area contributed by atoms with E-state index in [1.165, 1.54) is 13.0 Å². The molecule has 0 saturated carbocycles. The van der Waals surface area contributed by atoms with Crippen molar-refractivity contribution in [2.45, 2.75) is 6.92 Å². The summed E-state index contributed by atoms with van der Waals surface area (Å²) in [6.45, 7) is 0.819. The third-order valence-corrected chi connectivity index (χ3v) is 1.95. The molecule has 1 aromatic carbocycles. The Morgan fingerprint density at radius 3 is 2.71 bits per heavy atom. The SMILES string of the molecule is Cc1cc(C=O)cc([N+](=O)[O-])c1OCC(=O)O. The van der Waals surface area contributed by atoms with Gasteiger partial charge < -0.3 is 9.84 Å². The zero-order valence-corrected chi connectivity index (χ0v) is 8.87. The first-order valence-electron chi connectivity index (χ1n) is 4.54. The molecule has 0 aliphatic carbocycles. The van der Waals surface area contributed by atoms with Gasteiger partial charge in [-0.15, -0.1) is 0 Å². The molecule has 90 valence electrons. The lowest BCUT2D eigenvalue weighted by atomic mass is 10.1. The molecule has 0 bridgehead atoms. The Hall–Kier alpha value is -2.44. The Labute approximate surface area is 95.8 Å². The van der Waals surface area contributed by atoms with Crippen LogP contribution in [0.3, 0.4) is 0 Å². The maximum atomic E-state index is 10.7. The lowest BCUT2D eigenvalue weighted by molar-refractivity contribution is -0.385. The number of aliphatic carboxylic acids is 1. The van der Waals surface area contributed by atoms with E-state index in [1.807, 2.05) is 0 Å². The molecule has 0 atom stereocenters. The smallest absolute Gasteiger partial charge is 0.341 e. The molecule has 0 spiro atoms. The van der Waals surface area contributed by atoms with Crippen molar-refractivity contribution in [3.05, 3.63) is 33.4 Å². The summed E-state index contributed by atoms with van der Waals surface area (Å²) < 4.78 is 4.83. The summed E-state index contributed by atoms with van der Waals surface area (Å²) in [5, 5.41) is 19.2. The summed E-state index contributed by atoms with van der Waals surface area (Å²) in [6, 6.07) is 2.42. The van der Waals surface area contributed by atoms with Gasteiger partial charge in [-0.2, -0.15) is 0 Å². The molecule has 0 saturated heterocycles. The molecule has 1 aromatic rings. The van der Waals surface area contributed by atoms with Gasteiger partial charge in [0.05, 0.1) is 4.92 Å². The number of benzene rings is 1. The van der Waals surface area contributed by atoms with Gasteiger partial charge in [-0.1, -0.05) is 0 Å². The van der Waals surface area contributed by atoms with Crippen LogP contribution in [-0.4, -0.2) is 28.9 Å². The summed E-state index contributed by atoms with van der Waals surface area (Å²) in [5.74, 6) is -1.37. The van der Waals surface area contributed by atoms with Crippen molar-refractivity contribution >= 4 is 17.9 Å². The number of nitro benzene ring substituents is 1. The molecule has 0 fully saturated rings. The second-order valence-corrected chi connectivity index (χ2v) is 3.24. The van der Waals surface area contributed by atoms with Crippen molar-refractivity contribution in [1.29, 1.82) is 0 Å². The summed E-state index contributed by atoms with van der Waals surface area (Å²) in [5.41, 5.74) is 0.0489. The van der Waals surface area contributed by atoms with Crippen LogP contribution in [0.4, 0.5) is 5.69 Å². The number of carboxylic acid groups (broad SMARTS) is 1. The number of carbonyl (C=O) groups is 2. The first-order valence-corrected chi connectivity index (χ1v) is 4.54. The average molecular weight is 239 g/mol. The first-order chi connectivity index (χ1) is 7.95. The van der Waals surface area contributed by atoms with E-state index in [0.717, 1.165) is 6.07 Å². The molecular formula is C10H9NO6. The third-order valence-electron chi connectivity index (χ3n) is 1.95. The van der Waals surface area contributed by atoms with E-state index in [2.05, 4.69) is 0 Å². The Balaban J connectivity index is 3.21. The van der Waals surface area contributed by atoms with E-state index >= 15 is 0 Å².